The average Bonchev–Trinajstić information content (AvgIpc) is 3.13. The molecule has 1 fully saturated rings. The molecule has 150 valence electrons. The van der Waals surface area contributed by atoms with Crippen molar-refractivity contribution in [3.8, 4) is 5.69 Å². The highest BCUT2D eigenvalue weighted by atomic mass is 35.5. The predicted octanol–water partition coefficient (Wildman–Crippen LogP) is 4.06. The summed E-state index contributed by atoms with van der Waals surface area (Å²) in [6.45, 7) is 7.26. The maximum atomic E-state index is 13.2. The van der Waals surface area contributed by atoms with Gasteiger partial charge in [0.1, 0.15) is 0 Å². The zero-order valence-corrected chi connectivity index (χ0v) is 17.3. The molecule has 1 amide bonds. The second kappa shape index (κ2) is 8.78. The van der Waals surface area contributed by atoms with Gasteiger partial charge in [-0.3, -0.25) is 9.59 Å². The molecule has 1 atom stereocenters. The number of aromatic nitrogens is 2. The number of esters is 1. The molecule has 1 aromatic heterocycles. The maximum absolute atomic E-state index is 13.2. The van der Waals surface area contributed by atoms with Crippen LogP contribution in [0.1, 0.15) is 55.6 Å². The summed E-state index contributed by atoms with van der Waals surface area (Å²) in [6, 6.07) is 7.37. The van der Waals surface area contributed by atoms with E-state index >= 15 is 0 Å². The molecule has 1 aliphatic heterocycles. The molecule has 0 bridgehead atoms. The molecule has 0 unspecified atom stereocenters. The van der Waals surface area contributed by atoms with Crippen molar-refractivity contribution < 1.29 is 14.3 Å². The molecule has 0 radical (unpaired) electrons. The van der Waals surface area contributed by atoms with Crippen molar-refractivity contribution in [3.05, 3.63) is 46.7 Å². The summed E-state index contributed by atoms with van der Waals surface area (Å²) in [5.41, 5.74) is 2.29. The zero-order chi connectivity index (χ0) is 20.3. The second-order valence-corrected chi connectivity index (χ2v) is 7.77. The first-order chi connectivity index (χ1) is 13.4. The van der Waals surface area contributed by atoms with Gasteiger partial charge in [-0.1, -0.05) is 25.4 Å². The van der Waals surface area contributed by atoms with Crippen LogP contribution in [0.15, 0.2) is 30.5 Å². The maximum Gasteiger partial charge on any atom is 0.310 e. The third-order valence-electron chi connectivity index (χ3n) is 4.98. The lowest BCUT2D eigenvalue weighted by molar-refractivity contribution is -0.149. The van der Waals surface area contributed by atoms with E-state index in [1.54, 1.807) is 34.8 Å². The van der Waals surface area contributed by atoms with E-state index in [1.807, 2.05) is 26.0 Å². The Balaban J connectivity index is 1.87. The van der Waals surface area contributed by atoms with Gasteiger partial charge in [0.25, 0.3) is 5.91 Å². The Morgan fingerprint density at radius 2 is 2.00 bits per heavy atom. The molecule has 0 N–H and O–H groups in total. The summed E-state index contributed by atoms with van der Waals surface area (Å²) in [6.07, 6.45) is 3.17. The van der Waals surface area contributed by atoms with Gasteiger partial charge in [0.15, 0.2) is 0 Å². The number of halogens is 1. The Bertz CT molecular complexity index is 845. The van der Waals surface area contributed by atoms with Gasteiger partial charge >= 0.3 is 5.97 Å². The largest absolute Gasteiger partial charge is 0.466 e. The van der Waals surface area contributed by atoms with Crippen molar-refractivity contribution in [2.75, 3.05) is 19.7 Å². The van der Waals surface area contributed by atoms with E-state index in [2.05, 4.69) is 5.10 Å². The van der Waals surface area contributed by atoms with E-state index in [0.29, 0.717) is 30.3 Å². The topological polar surface area (TPSA) is 64.4 Å². The Morgan fingerprint density at radius 3 is 2.64 bits per heavy atom. The van der Waals surface area contributed by atoms with Crippen molar-refractivity contribution in [2.45, 2.75) is 39.5 Å². The number of carbonyl (C=O) groups excluding carboxylic acids is 2. The van der Waals surface area contributed by atoms with Gasteiger partial charge in [-0.15, -0.1) is 0 Å². The Kier molecular flexibility index (Phi) is 6.39. The molecule has 1 aliphatic rings. The second-order valence-electron chi connectivity index (χ2n) is 7.33. The minimum Gasteiger partial charge on any atom is -0.466 e. The van der Waals surface area contributed by atoms with Crippen LogP contribution < -0.4 is 0 Å². The van der Waals surface area contributed by atoms with E-state index in [-0.39, 0.29) is 23.7 Å². The van der Waals surface area contributed by atoms with Crippen molar-refractivity contribution >= 4 is 23.5 Å². The van der Waals surface area contributed by atoms with Crippen molar-refractivity contribution in [2.24, 2.45) is 5.92 Å². The fourth-order valence-corrected chi connectivity index (χ4v) is 3.78. The Morgan fingerprint density at radius 1 is 1.29 bits per heavy atom. The van der Waals surface area contributed by atoms with Crippen molar-refractivity contribution in [1.82, 2.24) is 14.7 Å². The monoisotopic (exact) mass is 403 g/mol. The minimum atomic E-state index is -0.258. The number of amides is 1. The highest BCUT2D eigenvalue weighted by molar-refractivity contribution is 6.30. The smallest absolute Gasteiger partial charge is 0.310 e. The third-order valence-corrected chi connectivity index (χ3v) is 5.24. The standard InChI is InChI=1S/C21H26ClN3O3/c1-4-28-21(27)15-6-5-11-24(13-15)20(26)18-12-23-25(19(18)14(2)3)17-9-7-16(22)8-10-17/h7-10,12,14-15H,4-6,11,13H2,1-3H3/t15-/m1/s1. The summed E-state index contributed by atoms with van der Waals surface area (Å²) < 4.78 is 6.94. The van der Waals surface area contributed by atoms with Gasteiger partial charge in [0.05, 0.1) is 35.7 Å². The summed E-state index contributed by atoms with van der Waals surface area (Å²) in [5, 5.41) is 5.12. The first kappa shape index (κ1) is 20.4. The number of nitrogens with zero attached hydrogens (tertiary/aromatic N) is 3. The molecular weight excluding hydrogens is 378 g/mol. The highest BCUT2D eigenvalue weighted by Gasteiger charge is 2.32. The molecule has 6 nitrogen and oxygen atoms in total. The molecule has 0 aliphatic carbocycles. The van der Waals surface area contributed by atoms with Crippen molar-refractivity contribution in [3.63, 3.8) is 0 Å². The fourth-order valence-electron chi connectivity index (χ4n) is 3.65. The molecule has 3 rings (SSSR count). The fraction of sp³-hybridized carbons (Fsp3) is 0.476. The third kappa shape index (κ3) is 4.22. The average molecular weight is 404 g/mol. The SMILES string of the molecule is CCOC(=O)[C@@H]1CCCN(C(=O)c2cnn(-c3ccc(Cl)cc3)c2C(C)C)C1. The molecule has 0 saturated carbocycles. The summed E-state index contributed by atoms with van der Waals surface area (Å²) in [7, 11) is 0. The highest BCUT2D eigenvalue weighted by Crippen LogP contribution is 2.27. The zero-order valence-electron chi connectivity index (χ0n) is 16.5. The van der Waals surface area contributed by atoms with E-state index < -0.39 is 0 Å². The van der Waals surface area contributed by atoms with Crippen LogP contribution in [0.3, 0.4) is 0 Å². The van der Waals surface area contributed by atoms with E-state index in [0.717, 1.165) is 24.2 Å². The van der Waals surface area contributed by atoms with E-state index in [9.17, 15) is 9.59 Å². The van der Waals surface area contributed by atoms with Crippen LogP contribution in [0.25, 0.3) is 5.69 Å². The lowest BCUT2D eigenvalue weighted by Gasteiger charge is -2.31. The van der Waals surface area contributed by atoms with Gasteiger partial charge in [-0.05, 0) is 49.9 Å². The number of hydrogen-bond donors (Lipinski definition) is 0. The van der Waals surface area contributed by atoms with E-state index in [4.69, 9.17) is 16.3 Å². The first-order valence-corrected chi connectivity index (χ1v) is 10.1. The number of likely N-dealkylation sites (tertiary alicyclic amines) is 1. The molecule has 2 heterocycles. The number of ether oxygens (including phenoxy) is 1. The summed E-state index contributed by atoms with van der Waals surface area (Å²) >= 11 is 5.99. The van der Waals surface area contributed by atoms with Crippen LogP contribution in [0.2, 0.25) is 5.02 Å². The number of rotatable bonds is 5. The minimum absolute atomic E-state index is 0.0853. The molecule has 1 aromatic carbocycles. The van der Waals surface area contributed by atoms with Crippen LogP contribution in [0.4, 0.5) is 0 Å². The Hall–Kier alpha value is -2.34. The molecule has 28 heavy (non-hydrogen) atoms. The van der Waals surface area contributed by atoms with Gasteiger partial charge in [0.2, 0.25) is 0 Å². The molecule has 2 aromatic rings. The van der Waals surface area contributed by atoms with Gasteiger partial charge < -0.3 is 9.64 Å². The number of piperidine rings is 1. The number of carbonyl (C=O) groups is 2. The molecule has 7 heteroatoms. The number of hydrogen-bond acceptors (Lipinski definition) is 4. The van der Waals surface area contributed by atoms with E-state index in [1.165, 1.54) is 0 Å². The van der Waals surface area contributed by atoms with Crippen LogP contribution in [0, 0.1) is 5.92 Å². The lowest BCUT2D eigenvalue weighted by atomic mass is 9.97. The van der Waals surface area contributed by atoms with Crippen LogP contribution >= 0.6 is 11.6 Å². The molecule has 1 saturated heterocycles. The van der Waals surface area contributed by atoms with Gasteiger partial charge in [-0.25, -0.2) is 4.68 Å². The van der Waals surface area contributed by atoms with Crippen molar-refractivity contribution in [1.29, 1.82) is 0 Å². The van der Waals surface area contributed by atoms with Crippen LogP contribution in [-0.4, -0.2) is 46.3 Å². The van der Waals surface area contributed by atoms with Crippen LogP contribution in [0.5, 0.6) is 0 Å². The predicted molar refractivity (Wildman–Crippen MR) is 108 cm³/mol. The van der Waals surface area contributed by atoms with Gasteiger partial charge in [0, 0.05) is 18.1 Å². The lowest BCUT2D eigenvalue weighted by Crippen LogP contribution is -2.43. The van der Waals surface area contributed by atoms with Crippen LogP contribution in [-0.2, 0) is 9.53 Å². The summed E-state index contributed by atoms with van der Waals surface area (Å²) in [5.74, 6) is -0.465. The summed E-state index contributed by atoms with van der Waals surface area (Å²) in [4.78, 5) is 27.1. The normalized spacial score (nSPS) is 17.0. The van der Waals surface area contributed by atoms with Gasteiger partial charge in [-0.2, -0.15) is 5.10 Å². The molecule has 0 spiro atoms. The first-order valence-electron chi connectivity index (χ1n) is 9.72. The number of benzene rings is 1. The Labute approximate surface area is 170 Å². The molecular formula is C21H26ClN3O3. The quantitative estimate of drug-likeness (QED) is 0.706.